The summed E-state index contributed by atoms with van der Waals surface area (Å²) in [6.45, 7) is 4.44. The Bertz CT molecular complexity index is 795. The van der Waals surface area contributed by atoms with Crippen LogP contribution in [0.4, 0.5) is 0 Å². The number of aromatic nitrogens is 2. The van der Waals surface area contributed by atoms with Crippen molar-refractivity contribution >= 4 is 17.9 Å². The molecule has 1 aliphatic carbocycles. The van der Waals surface area contributed by atoms with Gasteiger partial charge in [0.1, 0.15) is 6.10 Å². The fourth-order valence-electron chi connectivity index (χ4n) is 3.82. The van der Waals surface area contributed by atoms with Crippen molar-refractivity contribution in [3.8, 4) is 0 Å². The molecule has 2 aliphatic heterocycles. The van der Waals surface area contributed by atoms with Gasteiger partial charge in [-0.1, -0.05) is 17.7 Å². The Balaban J connectivity index is 1.33. The number of fused-ring (bicyclic) bond motifs is 1. The number of aryl methyl sites for hydroxylation is 1. The number of nitrogens with one attached hydrogen (secondary N) is 2. The molecule has 3 heterocycles. The van der Waals surface area contributed by atoms with E-state index in [0.29, 0.717) is 32.1 Å². The van der Waals surface area contributed by atoms with Gasteiger partial charge in [0, 0.05) is 18.7 Å². The van der Waals surface area contributed by atoms with E-state index in [0.717, 1.165) is 37.1 Å². The standard InChI is InChI=1S/C20H26N4O3/c1-13(14-7-10-26-11-8-14)18(21)27-15-6-9-24(12-15)20(25)19-22-16-4-2-3-5-17(16)23-19/h2,4,7,13,15,21H,3,5-6,8-12H2,1H3,(H,22,23). The van der Waals surface area contributed by atoms with Gasteiger partial charge in [-0.2, -0.15) is 0 Å². The number of imidazole rings is 1. The first-order valence-electron chi connectivity index (χ1n) is 9.68. The highest BCUT2D eigenvalue weighted by Gasteiger charge is 2.32. The number of aromatic amines is 1. The molecule has 7 heteroatoms. The second-order valence-corrected chi connectivity index (χ2v) is 7.36. The number of hydrogen-bond donors (Lipinski definition) is 2. The van der Waals surface area contributed by atoms with E-state index in [-0.39, 0.29) is 23.8 Å². The fourth-order valence-corrected chi connectivity index (χ4v) is 3.82. The summed E-state index contributed by atoms with van der Waals surface area (Å²) in [4.78, 5) is 22.1. The van der Waals surface area contributed by atoms with Gasteiger partial charge >= 0.3 is 0 Å². The number of H-pyrrole nitrogens is 1. The topological polar surface area (TPSA) is 91.3 Å². The van der Waals surface area contributed by atoms with Crippen LogP contribution in [0.5, 0.6) is 0 Å². The third-order valence-corrected chi connectivity index (χ3v) is 5.52. The zero-order chi connectivity index (χ0) is 18.8. The van der Waals surface area contributed by atoms with Gasteiger partial charge in [-0.05, 0) is 32.3 Å². The number of rotatable bonds is 4. The predicted molar refractivity (Wildman–Crippen MR) is 102 cm³/mol. The van der Waals surface area contributed by atoms with Crippen molar-refractivity contribution in [1.82, 2.24) is 14.9 Å². The molecular formula is C20H26N4O3. The van der Waals surface area contributed by atoms with E-state index in [1.807, 2.05) is 19.1 Å². The van der Waals surface area contributed by atoms with Crippen molar-refractivity contribution in [3.63, 3.8) is 0 Å². The molecule has 2 atom stereocenters. The Labute approximate surface area is 159 Å². The van der Waals surface area contributed by atoms with Crippen molar-refractivity contribution in [2.24, 2.45) is 5.92 Å². The second kappa shape index (κ2) is 7.68. The van der Waals surface area contributed by atoms with E-state index in [1.54, 1.807) is 4.90 Å². The number of hydrogen-bond acceptors (Lipinski definition) is 5. The van der Waals surface area contributed by atoms with Gasteiger partial charge in [0.25, 0.3) is 5.91 Å². The molecule has 1 aromatic rings. The normalized spacial score (nSPS) is 22.9. The lowest BCUT2D eigenvalue weighted by molar-refractivity contribution is 0.0755. The molecule has 1 aromatic heterocycles. The number of ether oxygens (including phenoxy) is 2. The average Bonchev–Trinajstić information content (AvgIpc) is 3.34. The monoisotopic (exact) mass is 370 g/mol. The first kappa shape index (κ1) is 18.0. The molecule has 2 N–H and O–H groups in total. The fraction of sp³-hybridized carbons (Fsp3) is 0.550. The van der Waals surface area contributed by atoms with Crippen LogP contribution in [0, 0.1) is 11.3 Å². The first-order chi connectivity index (χ1) is 13.1. The molecule has 0 saturated carbocycles. The number of likely N-dealkylation sites (tertiary alicyclic amines) is 1. The van der Waals surface area contributed by atoms with Crippen LogP contribution in [-0.4, -0.2) is 59.1 Å². The van der Waals surface area contributed by atoms with E-state index in [1.165, 1.54) is 5.57 Å². The van der Waals surface area contributed by atoms with E-state index >= 15 is 0 Å². The summed E-state index contributed by atoms with van der Waals surface area (Å²) in [5.41, 5.74) is 3.11. The number of carbonyl (C=O) groups is 1. The lowest BCUT2D eigenvalue weighted by Crippen LogP contribution is -2.32. The Kier molecular flexibility index (Phi) is 5.11. The number of nitrogens with zero attached hydrogens (tertiary/aromatic N) is 2. The summed E-state index contributed by atoms with van der Waals surface area (Å²) in [5.74, 6) is 0.557. The van der Waals surface area contributed by atoms with Gasteiger partial charge in [0.15, 0.2) is 11.7 Å². The van der Waals surface area contributed by atoms with E-state index in [2.05, 4.69) is 16.0 Å². The lowest BCUT2D eigenvalue weighted by atomic mass is 9.97. The minimum atomic E-state index is -0.131. The summed E-state index contributed by atoms with van der Waals surface area (Å²) >= 11 is 0. The Morgan fingerprint density at radius 2 is 2.37 bits per heavy atom. The van der Waals surface area contributed by atoms with E-state index < -0.39 is 0 Å². The maximum Gasteiger partial charge on any atom is 0.289 e. The van der Waals surface area contributed by atoms with Gasteiger partial charge in [-0.15, -0.1) is 0 Å². The van der Waals surface area contributed by atoms with Gasteiger partial charge < -0.3 is 19.4 Å². The van der Waals surface area contributed by atoms with Crippen molar-refractivity contribution in [2.75, 3.05) is 26.3 Å². The van der Waals surface area contributed by atoms with Crippen LogP contribution in [-0.2, 0) is 15.9 Å². The van der Waals surface area contributed by atoms with Gasteiger partial charge in [-0.3, -0.25) is 10.2 Å². The number of amides is 1. The Morgan fingerprint density at radius 1 is 1.48 bits per heavy atom. The summed E-state index contributed by atoms with van der Waals surface area (Å²) < 4.78 is 11.2. The quantitative estimate of drug-likeness (QED) is 0.484. The highest BCUT2D eigenvalue weighted by molar-refractivity contribution is 5.91. The molecule has 0 radical (unpaired) electrons. The first-order valence-corrected chi connectivity index (χ1v) is 9.68. The van der Waals surface area contributed by atoms with Crippen LogP contribution in [0.2, 0.25) is 0 Å². The van der Waals surface area contributed by atoms with E-state index in [9.17, 15) is 4.79 Å². The third kappa shape index (κ3) is 3.83. The molecule has 3 aliphatic rings. The van der Waals surface area contributed by atoms with Crippen LogP contribution in [0.25, 0.3) is 6.08 Å². The van der Waals surface area contributed by atoms with Crippen LogP contribution in [0.15, 0.2) is 17.7 Å². The zero-order valence-electron chi connectivity index (χ0n) is 15.7. The van der Waals surface area contributed by atoms with Crippen molar-refractivity contribution in [1.29, 1.82) is 5.41 Å². The van der Waals surface area contributed by atoms with Gasteiger partial charge in [0.2, 0.25) is 0 Å². The second-order valence-electron chi connectivity index (χ2n) is 7.36. The van der Waals surface area contributed by atoms with Crippen LogP contribution in [0.1, 0.15) is 48.2 Å². The SMILES string of the molecule is CC(C(=N)OC1CCN(C(=O)c2nc3c([nH]2)CCC=C3)C1)C1=CCOCC1. The molecule has 0 spiro atoms. The molecule has 0 aromatic carbocycles. The largest absolute Gasteiger partial charge is 0.475 e. The third-order valence-electron chi connectivity index (χ3n) is 5.52. The molecule has 4 rings (SSSR count). The molecule has 2 unspecified atom stereocenters. The maximum atomic E-state index is 12.8. The number of allylic oxidation sites excluding steroid dienone is 1. The molecule has 7 nitrogen and oxygen atoms in total. The van der Waals surface area contributed by atoms with Gasteiger partial charge in [-0.25, -0.2) is 4.98 Å². The lowest BCUT2D eigenvalue weighted by Gasteiger charge is -2.23. The molecule has 1 saturated heterocycles. The van der Waals surface area contributed by atoms with Gasteiger partial charge in [0.05, 0.1) is 31.4 Å². The highest BCUT2D eigenvalue weighted by atomic mass is 16.5. The summed E-state index contributed by atoms with van der Waals surface area (Å²) in [6, 6.07) is 0. The minimum Gasteiger partial charge on any atom is -0.475 e. The van der Waals surface area contributed by atoms with Crippen LogP contribution < -0.4 is 0 Å². The van der Waals surface area contributed by atoms with Crippen LogP contribution >= 0.6 is 0 Å². The minimum absolute atomic E-state index is 0.0396. The van der Waals surface area contributed by atoms with Crippen LogP contribution in [0.3, 0.4) is 0 Å². The van der Waals surface area contributed by atoms with Crippen molar-refractivity contribution in [3.05, 3.63) is 34.9 Å². The summed E-state index contributed by atoms with van der Waals surface area (Å²) in [6.07, 6.45) is 9.42. The number of carbonyl (C=O) groups excluding carboxylic acids is 1. The molecule has 0 bridgehead atoms. The highest BCUT2D eigenvalue weighted by Crippen LogP contribution is 2.23. The Morgan fingerprint density at radius 3 is 3.15 bits per heavy atom. The molecule has 1 amide bonds. The maximum absolute atomic E-state index is 12.8. The Hall–Kier alpha value is -2.41. The summed E-state index contributed by atoms with van der Waals surface area (Å²) in [5, 5.41) is 8.29. The van der Waals surface area contributed by atoms with Crippen molar-refractivity contribution in [2.45, 2.75) is 38.7 Å². The van der Waals surface area contributed by atoms with Crippen molar-refractivity contribution < 1.29 is 14.3 Å². The predicted octanol–water partition coefficient (Wildman–Crippen LogP) is 2.56. The smallest absolute Gasteiger partial charge is 0.289 e. The zero-order valence-corrected chi connectivity index (χ0v) is 15.7. The van der Waals surface area contributed by atoms with E-state index in [4.69, 9.17) is 14.9 Å². The molecular weight excluding hydrogens is 344 g/mol. The molecule has 1 fully saturated rings. The molecule has 144 valence electrons. The molecule has 27 heavy (non-hydrogen) atoms. The summed E-state index contributed by atoms with van der Waals surface area (Å²) in [7, 11) is 0. The average molecular weight is 370 g/mol.